The van der Waals surface area contributed by atoms with E-state index in [1.807, 2.05) is 13.0 Å². The highest BCUT2D eigenvalue weighted by Crippen LogP contribution is 2.31. The van der Waals surface area contributed by atoms with Gasteiger partial charge >= 0.3 is 0 Å². The lowest BCUT2D eigenvalue weighted by atomic mass is 9.99. The van der Waals surface area contributed by atoms with E-state index in [-0.39, 0.29) is 5.84 Å². The predicted molar refractivity (Wildman–Crippen MR) is 88.2 cm³/mol. The summed E-state index contributed by atoms with van der Waals surface area (Å²) in [6, 6.07) is 16.9. The average molecular weight is 279 g/mol. The molecule has 1 fully saturated rings. The average Bonchev–Trinajstić information content (AvgIpc) is 2.97. The first-order valence-electron chi connectivity index (χ1n) is 7.40. The lowest BCUT2D eigenvalue weighted by Crippen LogP contribution is -2.20. The van der Waals surface area contributed by atoms with Crippen LogP contribution >= 0.6 is 0 Å². The van der Waals surface area contributed by atoms with Crippen molar-refractivity contribution in [3.05, 3.63) is 65.2 Å². The first-order valence-corrected chi connectivity index (χ1v) is 7.40. The Bertz CT molecular complexity index is 649. The number of anilines is 1. The van der Waals surface area contributed by atoms with Gasteiger partial charge in [-0.05, 0) is 42.7 Å². The predicted octanol–water partition coefficient (Wildman–Crippen LogP) is 3.27. The number of nitrogens with one attached hydrogen (secondary N) is 1. The second-order valence-corrected chi connectivity index (χ2v) is 5.76. The van der Waals surface area contributed by atoms with E-state index in [4.69, 9.17) is 11.1 Å². The summed E-state index contributed by atoms with van der Waals surface area (Å²) in [5.74, 6) is 0.752. The fourth-order valence-electron chi connectivity index (χ4n) is 3.14. The van der Waals surface area contributed by atoms with Crippen LogP contribution in [0.3, 0.4) is 0 Å². The van der Waals surface area contributed by atoms with Crippen LogP contribution in [0.2, 0.25) is 0 Å². The lowest BCUT2D eigenvalue weighted by Gasteiger charge is -2.20. The van der Waals surface area contributed by atoms with Gasteiger partial charge in [-0.1, -0.05) is 30.3 Å². The van der Waals surface area contributed by atoms with E-state index in [2.05, 4.69) is 47.4 Å². The molecule has 1 unspecified atom stereocenters. The molecular weight excluding hydrogens is 258 g/mol. The Hall–Kier alpha value is -2.29. The van der Waals surface area contributed by atoms with Crippen molar-refractivity contribution >= 4 is 11.5 Å². The van der Waals surface area contributed by atoms with Crippen molar-refractivity contribution in [1.29, 1.82) is 5.41 Å². The summed E-state index contributed by atoms with van der Waals surface area (Å²) in [5.41, 5.74) is 10.1. The Labute approximate surface area is 125 Å². The molecule has 0 radical (unpaired) electrons. The van der Waals surface area contributed by atoms with E-state index in [0.29, 0.717) is 5.92 Å². The smallest absolute Gasteiger partial charge is 0.123 e. The van der Waals surface area contributed by atoms with Crippen LogP contribution in [0.5, 0.6) is 0 Å². The molecule has 21 heavy (non-hydrogen) atoms. The van der Waals surface area contributed by atoms with Gasteiger partial charge in [0.2, 0.25) is 0 Å². The Morgan fingerprint density at radius 1 is 1.19 bits per heavy atom. The third-order valence-electron chi connectivity index (χ3n) is 4.32. The topological polar surface area (TPSA) is 53.1 Å². The fourth-order valence-corrected chi connectivity index (χ4v) is 3.14. The van der Waals surface area contributed by atoms with Gasteiger partial charge in [-0.2, -0.15) is 0 Å². The summed E-state index contributed by atoms with van der Waals surface area (Å²) in [7, 11) is 0. The van der Waals surface area contributed by atoms with E-state index in [0.717, 1.165) is 24.2 Å². The molecule has 1 aliphatic rings. The maximum absolute atomic E-state index is 7.56. The van der Waals surface area contributed by atoms with E-state index < -0.39 is 0 Å². The molecule has 2 aromatic carbocycles. The molecule has 1 heterocycles. The Kier molecular flexibility index (Phi) is 3.65. The molecule has 3 nitrogen and oxygen atoms in total. The minimum absolute atomic E-state index is 0.141. The second-order valence-electron chi connectivity index (χ2n) is 5.76. The molecule has 108 valence electrons. The summed E-state index contributed by atoms with van der Waals surface area (Å²) >= 11 is 0. The third-order valence-corrected chi connectivity index (χ3v) is 4.32. The van der Waals surface area contributed by atoms with Gasteiger partial charge in [0.25, 0.3) is 0 Å². The summed E-state index contributed by atoms with van der Waals surface area (Å²) in [6.45, 7) is 4.16. The maximum atomic E-state index is 7.56. The SMILES string of the molecule is Cc1cc(N2CCC(c3ccccc3)C2)ccc1C(=N)N. The zero-order valence-electron chi connectivity index (χ0n) is 12.3. The highest BCUT2D eigenvalue weighted by atomic mass is 15.1. The largest absolute Gasteiger partial charge is 0.384 e. The van der Waals surface area contributed by atoms with Crippen LogP contribution < -0.4 is 10.6 Å². The summed E-state index contributed by atoms with van der Waals surface area (Å²) in [6.07, 6.45) is 1.19. The molecule has 0 saturated carbocycles. The third kappa shape index (κ3) is 2.77. The van der Waals surface area contributed by atoms with Gasteiger partial charge in [0.05, 0.1) is 0 Å². The molecule has 0 bridgehead atoms. The first kappa shape index (κ1) is 13.7. The van der Waals surface area contributed by atoms with E-state index in [9.17, 15) is 0 Å². The van der Waals surface area contributed by atoms with Gasteiger partial charge in [0.1, 0.15) is 5.84 Å². The van der Waals surface area contributed by atoms with Crippen molar-refractivity contribution in [1.82, 2.24) is 0 Å². The first-order chi connectivity index (χ1) is 10.1. The number of hydrogen-bond acceptors (Lipinski definition) is 2. The van der Waals surface area contributed by atoms with Crippen molar-refractivity contribution in [2.45, 2.75) is 19.3 Å². The van der Waals surface area contributed by atoms with Crippen LogP contribution in [0.25, 0.3) is 0 Å². The van der Waals surface area contributed by atoms with Crippen LogP contribution in [0, 0.1) is 12.3 Å². The van der Waals surface area contributed by atoms with Gasteiger partial charge in [-0.25, -0.2) is 0 Å². The molecule has 0 aliphatic carbocycles. The molecule has 3 N–H and O–H groups in total. The van der Waals surface area contributed by atoms with Crippen molar-refractivity contribution in [3.63, 3.8) is 0 Å². The van der Waals surface area contributed by atoms with E-state index in [1.54, 1.807) is 0 Å². The standard InChI is InChI=1S/C18H21N3/c1-13-11-16(7-8-17(13)18(19)20)21-10-9-15(12-21)14-5-3-2-4-6-14/h2-8,11,15H,9-10,12H2,1H3,(H3,19,20). The number of nitrogen functional groups attached to an aromatic ring is 1. The number of rotatable bonds is 3. The molecule has 3 heteroatoms. The van der Waals surface area contributed by atoms with Crippen molar-refractivity contribution in [2.75, 3.05) is 18.0 Å². The van der Waals surface area contributed by atoms with Crippen LogP contribution in [0.4, 0.5) is 5.69 Å². The molecule has 1 saturated heterocycles. The van der Waals surface area contributed by atoms with E-state index in [1.165, 1.54) is 17.7 Å². The van der Waals surface area contributed by atoms with Crippen molar-refractivity contribution in [3.8, 4) is 0 Å². The van der Waals surface area contributed by atoms with Gasteiger partial charge in [-0.3, -0.25) is 5.41 Å². The van der Waals surface area contributed by atoms with Gasteiger partial charge in [0, 0.05) is 30.3 Å². The molecule has 0 spiro atoms. The number of aryl methyl sites for hydroxylation is 1. The monoisotopic (exact) mass is 279 g/mol. The number of amidine groups is 1. The highest BCUT2D eigenvalue weighted by molar-refractivity contribution is 5.96. The molecule has 3 rings (SSSR count). The number of nitrogens with two attached hydrogens (primary N) is 1. The number of benzene rings is 2. The lowest BCUT2D eigenvalue weighted by molar-refractivity contribution is 0.775. The van der Waals surface area contributed by atoms with E-state index >= 15 is 0 Å². The van der Waals surface area contributed by atoms with Crippen LogP contribution in [-0.2, 0) is 0 Å². The van der Waals surface area contributed by atoms with Gasteiger partial charge < -0.3 is 10.6 Å². The molecule has 1 atom stereocenters. The van der Waals surface area contributed by atoms with Crippen LogP contribution in [0.1, 0.15) is 29.0 Å². The minimum atomic E-state index is 0.141. The zero-order chi connectivity index (χ0) is 14.8. The van der Waals surface area contributed by atoms with Crippen LogP contribution in [-0.4, -0.2) is 18.9 Å². The Morgan fingerprint density at radius 3 is 2.62 bits per heavy atom. The molecule has 0 aromatic heterocycles. The fraction of sp³-hybridized carbons (Fsp3) is 0.278. The van der Waals surface area contributed by atoms with Crippen LogP contribution in [0.15, 0.2) is 48.5 Å². The summed E-state index contributed by atoms with van der Waals surface area (Å²) in [5, 5.41) is 7.56. The minimum Gasteiger partial charge on any atom is -0.384 e. The quantitative estimate of drug-likeness (QED) is 0.669. The van der Waals surface area contributed by atoms with Gasteiger partial charge in [0.15, 0.2) is 0 Å². The molecule has 2 aromatic rings. The second kappa shape index (κ2) is 5.60. The Morgan fingerprint density at radius 2 is 1.95 bits per heavy atom. The molecule has 1 aliphatic heterocycles. The Balaban J connectivity index is 1.77. The van der Waals surface area contributed by atoms with Crippen molar-refractivity contribution < 1.29 is 0 Å². The maximum Gasteiger partial charge on any atom is 0.123 e. The summed E-state index contributed by atoms with van der Waals surface area (Å²) < 4.78 is 0. The number of nitrogens with zero attached hydrogens (tertiary/aromatic N) is 1. The van der Waals surface area contributed by atoms with Gasteiger partial charge in [-0.15, -0.1) is 0 Å². The van der Waals surface area contributed by atoms with Crippen molar-refractivity contribution in [2.24, 2.45) is 5.73 Å². The number of hydrogen-bond donors (Lipinski definition) is 2. The molecular formula is C18H21N3. The highest BCUT2D eigenvalue weighted by Gasteiger charge is 2.24. The normalized spacial score (nSPS) is 18.0. The summed E-state index contributed by atoms with van der Waals surface area (Å²) in [4.78, 5) is 2.43. The molecule has 0 amide bonds. The zero-order valence-corrected chi connectivity index (χ0v) is 12.3.